The van der Waals surface area contributed by atoms with E-state index in [9.17, 15) is 17.6 Å². The van der Waals surface area contributed by atoms with E-state index in [-0.39, 0.29) is 11.7 Å². The number of aromatic nitrogens is 1. The average molecular weight is 299 g/mol. The summed E-state index contributed by atoms with van der Waals surface area (Å²) in [5, 5.41) is 0. The summed E-state index contributed by atoms with van der Waals surface area (Å²) in [7, 11) is 0. The molecule has 0 N–H and O–H groups in total. The smallest absolute Gasteiger partial charge is 0.255 e. The molecule has 0 saturated heterocycles. The Kier molecular flexibility index (Phi) is 4.16. The summed E-state index contributed by atoms with van der Waals surface area (Å²) < 4.78 is 58.3. The molecule has 112 valence electrons. The van der Waals surface area contributed by atoms with Gasteiger partial charge in [0.2, 0.25) is 17.4 Å². The molecule has 2 aromatic rings. The lowest BCUT2D eigenvalue weighted by Crippen LogP contribution is -2.04. The lowest BCUT2D eigenvalue weighted by molar-refractivity contribution is 0.342. The van der Waals surface area contributed by atoms with Gasteiger partial charge < -0.3 is 4.74 Å². The first kappa shape index (κ1) is 15.3. The predicted molar refractivity (Wildman–Crippen MR) is 69.4 cm³/mol. The van der Waals surface area contributed by atoms with Crippen molar-refractivity contribution in [3.63, 3.8) is 0 Å². The zero-order valence-electron chi connectivity index (χ0n) is 11.7. The van der Waals surface area contributed by atoms with E-state index >= 15 is 0 Å². The van der Waals surface area contributed by atoms with E-state index < -0.39 is 29.3 Å². The molecule has 0 saturated carbocycles. The molecule has 1 aromatic heterocycles. The summed E-state index contributed by atoms with van der Waals surface area (Å²) in [5.41, 5.74) is 1.45. The van der Waals surface area contributed by atoms with Crippen LogP contribution in [0, 0.1) is 30.5 Å². The van der Waals surface area contributed by atoms with Crippen molar-refractivity contribution < 1.29 is 22.3 Å². The minimum absolute atomic E-state index is 0.129. The van der Waals surface area contributed by atoms with Gasteiger partial charge in [0, 0.05) is 0 Å². The second-order valence-electron chi connectivity index (χ2n) is 4.93. The van der Waals surface area contributed by atoms with Crippen molar-refractivity contribution in [1.82, 2.24) is 4.98 Å². The van der Waals surface area contributed by atoms with E-state index in [1.54, 1.807) is 19.1 Å². The van der Waals surface area contributed by atoms with E-state index in [0.717, 1.165) is 5.56 Å². The molecule has 1 aromatic carbocycles. The Morgan fingerprint density at radius 1 is 1.00 bits per heavy atom. The molecule has 0 aliphatic carbocycles. The van der Waals surface area contributed by atoms with Crippen LogP contribution in [0.25, 0.3) is 0 Å². The highest BCUT2D eigenvalue weighted by atomic mass is 19.2. The van der Waals surface area contributed by atoms with Gasteiger partial charge in [0.25, 0.3) is 11.9 Å². The zero-order chi connectivity index (χ0) is 15.7. The average Bonchev–Trinajstić information content (AvgIpc) is 2.43. The van der Waals surface area contributed by atoms with Crippen molar-refractivity contribution in [2.24, 2.45) is 0 Å². The van der Waals surface area contributed by atoms with Gasteiger partial charge in [-0.25, -0.2) is 0 Å². The normalized spacial score (nSPS) is 11.0. The summed E-state index contributed by atoms with van der Waals surface area (Å²) in [6.07, 6.45) is 0. The largest absolute Gasteiger partial charge is 0.451 e. The van der Waals surface area contributed by atoms with Crippen molar-refractivity contribution in [2.45, 2.75) is 26.7 Å². The van der Waals surface area contributed by atoms with Crippen LogP contribution in [0.3, 0.4) is 0 Å². The van der Waals surface area contributed by atoms with Crippen molar-refractivity contribution in [3.8, 4) is 11.5 Å². The predicted octanol–water partition coefficient (Wildman–Crippen LogP) is 4.86. The fraction of sp³-hybridized carbons (Fsp3) is 0.267. The minimum Gasteiger partial charge on any atom is -0.451 e. The van der Waals surface area contributed by atoms with E-state index in [1.165, 1.54) is 0 Å². The summed E-state index contributed by atoms with van der Waals surface area (Å²) in [4.78, 5) is 2.48. The number of pyridine rings is 1. The van der Waals surface area contributed by atoms with Gasteiger partial charge in [-0.15, -0.1) is 0 Å². The topological polar surface area (TPSA) is 22.1 Å². The first-order chi connectivity index (χ1) is 9.81. The second kappa shape index (κ2) is 5.71. The minimum atomic E-state index is -1.75. The number of benzene rings is 1. The van der Waals surface area contributed by atoms with Gasteiger partial charge in [-0.2, -0.15) is 22.5 Å². The molecule has 0 unspecified atom stereocenters. The van der Waals surface area contributed by atoms with Crippen molar-refractivity contribution in [1.29, 1.82) is 0 Å². The molecular formula is C15H13F4NO. The Balaban J connectivity index is 2.50. The fourth-order valence-corrected chi connectivity index (χ4v) is 1.75. The highest BCUT2D eigenvalue weighted by molar-refractivity contribution is 5.41. The van der Waals surface area contributed by atoms with Gasteiger partial charge in [0.1, 0.15) is 5.75 Å². The van der Waals surface area contributed by atoms with Crippen LogP contribution in [0.2, 0.25) is 0 Å². The number of ether oxygens (including phenoxy) is 1. The summed E-state index contributed by atoms with van der Waals surface area (Å²) in [5.74, 6) is -7.67. The maximum Gasteiger partial charge on any atom is 0.255 e. The Morgan fingerprint density at radius 2 is 1.57 bits per heavy atom. The van der Waals surface area contributed by atoms with Gasteiger partial charge in [-0.05, 0) is 30.0 Å². The van der Waals surface area contributed by atoms with Gasteiger partial charge >= 0.3 is 0 Å². The molecule has 0 bridgehead atoms. The summed E-state index contributed by atoms with van der Waals surface area (Å²) >= 11 is 0. The lowest BCUT2D eigenvalue weighted by Gasteiger charge is -2.13. The van der Waals surface area contributed by atoms with Crippen LogP contribution in [0.5, 0.6) is 11.5 Å². The maximum absolute atomic E-state index is 13.5. The van der Waals surface area contributed by atoms with Crippen molar-refractivity contribution in [3.05, 3.63) is 52.9 Å². The van der Waals surface area contributed by atoms with E-state index in [1.807, 2.05) is 19.9 Å². The molecule has 0 atom stereocenters. The van der Waals surface area contributed by atoms with Crippen LogP contribution in [0.1, 0.15) is 30.9 Å². The van der Waals surface area contributed by atoms with Crippen molar-refractivity contribution >= 4 is 0 Å². The summed E-state index contributed by atoms with van der Waals surface area (Å²) in [6.45, 7) is 5.52. The molecule has 2 nitrogen and oxygen atoms in total. The van der Waals surface area contributed by atoms with E-state index in [4.69, 9.17) is 4.74 Å². The van der Waals surface area contributed by atoms with E-state index in [2.05, 4.69) is 4.98 Å². The molecule has 21 heavy (non-hydrogen) atoms. The van der Waals surface area contributed by atoms with Gasteiger partial charge in [-0.1, -0.05) is 26.0 Å². The van der Waals surface area contributed by atoms with E-state index in [0.29, 0.717) is 5.56 Å². The van der Waals surface area contributed by atoms with Crippen LogP contribution in [-0.4, -0.2) is 4.98 Å². The molecule has 0 aliphatic heterocycles. The third-order valence-corrected chi connectivity index (χ3v) is 3.05. The van der Waals surface area contributed by atoms with Gasteiger partial charge in [0.15, 0.2) is 0 Å². The molecule has 0 amide bonds. The molecule has 0 aliphatic rings. The number of halogens is 4. The van der Waals surface area contributed by atoms with Crippen LogP contribution < -0.4 is 4.74 Å². The van der Waals surface area contributed by atoms with Crippen LogP contribution in [0.4, 0.5) is 17.6 Å². The lowest BCUT2D eigenvalue weighted by atomic mass is 10.0. The Labute approximate surface area is 119 Å². The van der Waals surface area contributed by atoms with Crippen LogP contribution >= 0.6 is 0 Å². The Hall–Kier alpha value is -2.11. The Morgan fingerprint density at radius 3 is 2.10 bits per heavy atom. The Bertz CT molecular complexity index is 660. The second-order valence-corrected chi connectivity index (χ2v) is 4.93. The standard InChI is InChI=1S/C15H13F4NO/c1-7(2)9-5-4-8(3)10(6-9)21-13-11(16)14(18)20-15(19)12(13)17/h4-7H,1-3H3. The van der Waals surface area contributed by atoms with Gasteiger partial charge in [0.05, 0.1) is 0 Å². The number of hydrogen-bond acceptors (Lipinski definition) is 2. The molecule has 1 heterocycles. The molecule has 6 heteroatoms. The first-order valence-corrected chi connectivity index (χ1v) is 6.29. The first-order valence-electron chi connectivity index (χ1n) is 6.29. The van der Waals surface area contributed by atoms with Crippen LogP contribution in [-0.2, 0) is 0 Å². The molecule has 0 radical (unpaired) electrons. The SMILES string of the molecule is Cc1ccc(C(C)C)cc1Oc1c(F)c(F)nc(F)c1F. The highest BCUT2D eigenvalue weighted by Crippen LogP contribution is 2.33. The number of nitrogens with zero attached hydrogens (tertiary/aromatic N) is 1. The van der Waals surface area contributed by atoms with Crippen LogP contribution in [0.15, 0.2) is 18.2 Å². The van der Waals surface area contributed by atoms with Gasteiger partial charge in [-0.3, -0.25) is 0 Å². The monoisotopic (exact) mass is 299 g/mol. The fourth-order valence-electron chi connectivity index (χ4n) is 1.75. The molecule has 0 fully saturated rings. The molecule has 0 spiro atoms. The quantitative estimate of drug-likeness (QED) is 0.596. The van der Waals surface area contributed by atoms with Crippen molar-refractivity contribution in [2.75, 3.05) is 0 Å². The third kappa shape index (κ3) is 2.99. The number of aryl methyl sites for hydroxylation is 1. The molecular weight excluding hydrogens is 286 g/mol. The maximum atomic E-state index is 13.5. The number of hydrogen-bond donors (Lipinski definition) is 0. The zero-order valence-corrected chi connectivity index (χ0v) is 11.7. The number of rotatable bonds is 3. The third-order valence-electron chi connectivity index (χ3n) is 3.05. The molecule has 2 rings (SSSR count). The summed E-state index contributed by atoms with van der Waals surface area (Å²) in [6, 6.07) is 5.12. The highest BCUT2D eigenvalue weighted by Gasteiger charge is 2.23.